The van der Waals surface area contributed by atoms with Gasteiger partial charge in [-0.3, -0.25) is 0 Å². The quantitative estimate of drug-likeness (QED) is 0.902. The summed E-state index contributed by atoms with van der Waals surface area (Å²) in [4.78, 5) is 0. The van der Waals surface area contributed by atoms with Crippen LogP contribution < -0.4 is 15.2 Å². The molecule has 0 bridgehead atoms. The molecule has 2 aromatic rings. The highest BCUT2D eigenvalue weighted by atomic mass is 16.5. The molecule has 0 aromatic heterocycles. The minimum Gasteiger partial charge on any atom is -0.497 e. The van der Waals surface area contributed by atoms with Gasteiger partial charge >= 0.3 is 0 Å². The van der Waals surface area contributed by atoms with Crippen molar-refractivity contribution in [1.29, 1.82) is 0 Å². The molecule has 0 radical (unpaired) electrons. The second-order valence-corrected chi connectivity index (χ2v) is 5.06. The number of ether oxygens (including phenoxy) is 2. The summed E-state index contributed by atoms with van der Waals surface area (Å²) in [5.74, 6) is 2.49. The zero-order chi connectivity index (χ0) is 14.5. The lowest BCUT2D eigenvalue weighted by molar-refractivity contribution is 0.412. The summed E-state index contributed by atoms with van der Waals surface area (Å²) in [5, 5.41) is 0. The zero-order valence-electron chi connectivity index (χ0n) is 12.2. The van der Waals surface area contributed by atoms with Crippen LogP contribution in [0.3, 0.4) is 0 Å². The van der Waals surface area contributed by atoms with Crippen LogP contribution in [0.15, 0.2) is 42.5 Å². The van der Waals surface area contributed by atoms with E-state index in [0.717, 1.165) is 29.2 Å². The Hall–Kier alpha value is -2.00. The van der Waals surface area contributed by atoms with Crippen LogP contribution in [-0.2, 0) is 6.42 Å². The molecule has 2 N–H and O–H groups in total. The Bertz CT molecular complexity index is 562. The van der Waals surface area contributed by atoms with Gasteiger partial charge < -0.3 is 15.2 Å². The van der Waals surface area contributed by atoms with E-state index < -0.39 is 0 Å². The highest BCUT2D eigenvalue weighted by Crippen LogP contribution is 2.27. The summed E-state index contributed by atoms with van der Waals surface area (Å²) < 4.78 is 11.1. The van der Waals surface area contributed by atoms with E-state index in [4.69, 9.17) is 15.2 Å². The average Bonchev–Trinajstić information content (AvgIpc) is 2.43. The van der Waals surface area contributed by atoms with Crippen LogP contribution in [0.5, 0.6) is 17.2 Å². The van der Waals surface area contributed by atoms with E-state index in [1.807, 2.05) is 38.1 Å². The lowest BCUT2D eigenvalue weighted by atomic mass is 10.1. The Kier molecular flexibility index (Phi) is 4.64. The van der Waals surface area contributed by atoms with Crippen molar-refractivity contribution in [3.8, 4) is 17.2 Å². The van der Waals surface area contributed by atoms with Gasteiger partial charge in [0.25, 0.3) is 0 Å². The third-order valence-corrected chi connectivity index (χ3v) is 3.10. The Morgan fingerprint density at radius 1 is 1.05 bits per heavy atom. The molecule has 3 nitrogen and oxygen atoms in total. The summed E-state index contributed by atoms with van der Waals surface area (Å²) in [6, 6.07) is 13.9. The van der Waals surface area contributed by atoms with Crippen molar-refractivity contribution in [1.82, 2.24) is 0 Å². The molecule has 106 valence electrons. The fourth-order valence-corrected chi connectivity index (χ4v) is 2.02. The van der Waals surface area contributed by atoms with E-state index in [1.165, 1.54) is 5.56 Å². The summed E-state index contributed by atoms with van der Waals surface area (Å²) in [6.07, 6.45) is 0.846. The van der Waals surface area contributed by atoms with Crippen LogP contribution in [0.1, 0.15) is 18.1 Å². The van der Waals surface area contributed by atoms with E-state index in [9.17, 15) is 0 Å². The maximum atomic E-state index is 5.93. The number of benzene rings is 2. The van der Waals surface area contributed by atoms with Crippen LogP contribution in [0, 0.1) is 6.92 Å². The molecular formula is C17H21NO2. The first-order valence-corrected chi connectivity index (χ1v) is 6.75. The molecule has 2 rings (SSSR count). The molecule has 0 aliphatic carbocycles. The summed E-state index contributed by atoms with van der Waals surface area (Å²) >= 11 is 0. The largest absolute Gasteiger partial charge is 0.497 e. The monoisotopic (exact) mass is 271 g/mol. The van der Waals surface area contributed by atoms with Gasteiger partial charge in [-0.2, -0.15) is 0 Å². The molecule has 0 heterocycles. The first-order valence-electron chi connectivity index (χ1n) is 6.75. The standard InChI is InChI=1S/C17H21NO2/c1-12-4-5-14(10-13(2)18)11-17(12)20-16-8-6-15(19-3)7-9-16/h4-9,11,13H,10,18H2,1-3H3. The van der Waals surface area contributed by atoms with Crippen LogP contribution in [0.2, 0.25) is 0 Å². The second-order valence-electron chi connectivity index (χ2n) is 5.06. The van der Waals surface area contributed by atoms with Crippen molar-refractivity contribution < 1.29 is 9.47 Å². The third-order valence-electron chi connectivity index (χ3n) is 3.10. The summed E-state index contributed by atoms with van der Waals surface area (Å²) in [6.45, 7) is 4.04. The van der Waals surface area contributed by atoms with Gasteiger partial charge in [0, 0.05) is 6.04 Å². The van der Waals surface area contributed by atoms with E-state index >= 15 is 0 Å². The zero-order valence-corrected chi connectivity index (χ0v) is 12.2. The van der Waals surface area contributed by atoms with Gasteiger partial charge in [0.05, 0.1) is 7.11 Å². The molecule has 1 unspecified atom stereocenters. The van der Waals surface area contributed by atoms with Crippen molar-refractivity contribution in [2.24, 2.45) is 5.73 Å². The van der Waals surface area contributed by atoms with E-state index in [2.05, 4.69) is 18.2 Å². The number of rotatable bonds is 5. The minimum atomic E-state index is 0.145. The van der Waals surface area contributed by atoms with Gasteiger partial charge in [-0.25, -0.2) is 0 Å². The predicted molar refractivity (Wildman–Crippen MR) is 81.6 cm³/mol. The normalized spacial score (nSPS) is 12.0. The van der Waals surface area contributed by atoms with Gasteiger partial charge in [0.15, 0.2) is 0 Å². The van der Waals surface area contributed by atoms with Crippen molar-refractivity contribution in [2.45, 2.75) is 26.3 Å². The third kappa shape index (κ3) is 3.75. The molecule has 0 amide bonds. The highest BCUT2D eigenvalue weighted by Gasteiger charge is 2.05. The molecular weight excluding hydrogens is 250 g/mol. The van der Waals surface area contributed by atoms with Crippen LogP contribution >= 0.6 is 0 Å². The number of nitrogens with two attached hydrogens (primary N) is 1. The average molecular weight is 271 g/mol. The van der Waals surface area contributed by atoms with Gasteiger partial charge in [0.1, 0.15) is 17.2 Å². The second kappa shape index (κ2) is 6.44. The lowest BCUT2D eigenvalue weighted by Gasteiger charge is -2.12. The van der Waals surface area contributed by atoms with Crippen molar-refractivity contribution in [3.05, 3.63) is 53.6 Å². The molecule has 0 fully saturated rings. The van der Waals surface area contributed by atoms with E-state index in [1.54, 1.807) is 7.11 Å². The molecule has 2 aromatic carbocycles. The number of methoxy groups -OCH3 is 1. The number of hydrogen-bond donors (Lipinski definition) is 1. The lowest BCUT2D eigenvalue weighted by Crippen LogP contribution is -2.17. The van der Waals surface area contributed by atoms with Crippen molar-refractivity contribution in [2.75, 3.05) is 7.11 Å². The van der Waals surface area contributed by atoms with Crippen LogP contribution in [0.25, 0.3) is 0 Å². The fraction of sp³-hybridized carbons (Fsp3) is 0.294. The smallest absolute Gasteiger partial charge is 0.130 e. The van der Waals surface area contributed by atoms with Gasteiger partial charge in [-0.05, 0) is 61.7 Å². The van der Waals surface area contributed by atoms with Gasteiger partial charge in [0.2, 0.25) is 0 Å². The predicted octanol–water partition coefficient (Wildman–Crippen LogP) is 3.69. The first kappa shape index (κ1) is 14.4. The molecule has 3 heteroatoms. The Labute approximate surface area is 120 Å². The topological polar surface area (TPSA) is 44.5 Å². The van der Waals surface area contributed by atoms with Gasteiger partial charge in [-0.15, -0.1) is 0 Å². The Balaban J connectivity index is 2.18. The minimum absolute atomic E-state index is 0.145. The molecule has 0 saturated heterocycles. The van der Waals surface area contributed by atoms with Crippen LogP contribution in [0.4, 0.5) is 0 Å². The maximum Gasteiger partial charge on any atom is 0.130 e. The highest BCUT2D eigenvalue weighted by molar-refractivity contribution is 5.41. The maximum absolute atomic E-state index is 5.93. The molecule has 1 atom stereocenters. The molecule has 0 aliphatic rings. The summed E-state index contributed by atoms with van der Waals surface area (Å²) in [7, 11) is 1.65. The van der Waals surface area contributed by atoms with Gasteiger partial charge in [-0.1, -0.05) is 12.1 Å². The Morgan fingerprint density at radius 3 is 2.30 bits per heavy atom. The number of aryl methyl sites for hydroxylation is 1. The number of hydrogen-bond acceptors (Lipinski definition) is 3. The summed E-state index contributed by atoms with van der Waals surface area (Å²) in [5.41, 5.74) is 8.14. The fourth-order valence-electron chi connectivity index (χ4n) is 2.02. The first-order chi connectivity index (χ1) is 9.58. The van der Waals surface area contributed by atoms with E-state index in [0.29, 0.717) is 0 Å². The molecule has 0 aliphatic heterocycles. The SMILES string of the molecule is COc1ccc(Oc2cc(CC(C)N)ccc2C)cc1. The molecule has 0 spiro atoms. The van der Waals surface area contributed by atoms with Crippen LogP contribution in [-0.4, -0.2) is 13.2 Å². The van der Waals surface area contributed by atoms with E-state index in [-0.39, 0.29) is 6.04 Å². The molecule has 0 saturated carbocycles. The van der Waals surface area contributed by atoms with Crippen molar-refractivity contribution >= 4 is 0 Å². The Morgan fingerprint density at radius 2 is 1.70 bits per heavy atom. The van der Waals surface area contributed by atoms with Crippen molar-refractivity contribution in [3.63, 3.8) is 0 Å². The molecule has 20 heavy (non-hydrogen) atoms.